The van der Waals surface area contributed by atoms with Gasteiger partial charge in [-0.25, -0.2) is 9.78 Å². The molecule has 1 aromatic carbocycles. The smallest absolute Gasteiger partial charge is 0.328 e. The van der Waals surface area contributed by atoms with Crippen molar-refractivity contribution in [2.45, 2.75) is 39.7 Å². The van der Waals surface area contributed by atoms with Gasteiger partial charge in [-0.2, -0.15) is 0 Å². The lowest BCUT2D eigenvalue weighted by atomic mass is 10.2. The average Bonchev–Trinajstić information content (AvgIpc) is 2.92. The first-order chi connectivity index (χ1) is 11.0. The van der Waals surface area contributed by atoms with E-state index in [2.05, 4.69) is 10.3 Å². The van der Waals surface area contributed by atoms with Gasteiger partial charge in [0.2, 0.25) is 5.91 Å². The first kappa shape index (κ1) is 17.4. The molecule has 1 amide bonds. The molecule has 1 atom stereocenters. The Hall–Kier alpha value is -1.95. The van der Waals surface area contributed by atoms with Crippen LogP contribution >= 0.6 is 11.3 Å². The van der Waals surface area contributed by atoms with Gasteiger partial charge in [0, 0.05) is 0 Å². The highest BCUT2D eigenvalue weighted by Crippen LogP contribution is 2.21. The molecule has 1 N–H and O–H groups in total. The van der Waals surface area contributed by atoms with Crippen LogP contribution in [0.5, 0.6) is 0 Å². The number of nitrogens with zero attached hydrogens (tertiary/aromatic N) is 1. The van der Waals surface area contributed by atoms with E-state index in [4.69, 9.17) is 4.74 Å². The Morgan fingerprint density at radius 1 is 1.30 bits per heavy atom. The quantitative estimate of drug-likeness (QED) is 0.791. The Labute approximate surface area is 140 Å². The van der Waals surface area contributed by atoms with Crippen LogP contribution in [0.15, 0.2) is 24.3 Å². The van der Waals surface area contributed by atoms with E-state index in [-0.39, 0.29) is 24.2 Å². The van der Waals surface area contributed by atoms with Gasteiger partial charge in [-0.15, -0.1) is 11.3 Å². The van der Waals surface area contributed by atoms with E-state index in [1.165, 1.54) is 11.3 Å². The van der Waals surface area contributed by atoms with Crippen LogP contribution in [-0.4, -0.2) is 29.5 Å². The van der Waals surface area contributed by atoms with Crippen LogP contribution in [0.1, 0.15) is 32.2 Å². The summed E-state index contributed by atoms with van der Waals surface area (Å²) in [7, 11) is 0. The minimum absolute atomic E-state index is 0.174. The van der Waals surface area contributed by atoms with Crippen LogP contribution < -0.4 is 5.32 Å². The van der Waals surface area contributed by atoms with Crippen LogP contribution in [0.2, 0.25) is 0 Å². The number of carbonyl (C=O) groups is 2. The molecule has 1 unspecified atom stereocenters. The molecule has 0 aliphatic rings. The fourth-order valence-electron chi connectivity index (χ4n) is 2.06. The molecule has 0 bridgehead atoms. The molecular weight excluding hydrogens is 312 g/mol. The molecule has 1 aromatic heterocycles. The molecule has 0 spiro atoms. The normalized spacial score (nSPS) is 12.3. The number of para-hydroxylation sites is 1. The minimum Gasteiger partial charge on any atom is -0.464 e. The Morgan fingerprint density at radius 3 is 2.70 bits per heavy atom. The second-order valence-corrected chi connectivity index (χ2v) is 6.92. The highest BCUT2D eigenvalue weighted by molar-refractivity contribution is 7.18. The topological polar surface area (TPSA) is 68.3 Å². The van der Waals surface area contributed by atoms with E-state index < -0.39 is 6.04 Å². The zero-order valence-electron chi connectivity index (χ0n) is 13.7. The standard InChI is InChI=1S/C17H22N2O3S/c1-4-12(17(21)22-10-11(2)3)18-15(20)9-16-19-13-7-5-6-8-14(13)23-16/h5-8,11-12H,4,9-10H2,1-3H3,(H,18,20). The molecule has 6 heteroatoms. The van der Waals surface area contributed by atoms with Gasteiger partial charge in [-0.3, -0.25) is 4.79 Å². The summed E-state index contributed by atoms with van der Waals surface area (Å²) in [6.45, 7) is 6.15. The van der Waals surface area contributed by atoms with Gasteiger partial charge in [-0.05, 0) is 24.5 Å². The summed E-state index contributed by atoms with van der Waals surface area (Å²) >= 11 is 1.49. The van der Waals surface area contributed by atoms with Crippen molar-refractivity contribution in [1.29, 1.82) is 0 Å². The van der Waals surface area contributed by atoms with Gasteiger partial charge in [0.15, 0.2) is 0 Å². The van der Waals surface area contributed by atoms with Crippen molar-refractivity contribution in [2.24, 2.45) is 5.92 Å². The van der Waals surface area contributed by atoms with Crippen LogP contribution in [-0.2, 0) is 20.7 Å². The number of thiazole rings is 1. The van der Waals surface area contributed by atoms with Crippen LogP contribution in [0, 0.1) is 5.92 Å². The second-order valence-electron chi connectivity index (χ2n) is 5.80. The lowest BCUT2D eigenvalue weighted by Crippen LogP contribution is -2.42. The molecule has 2 aromatic rings. The Balaban J connectivity index is 1.92. The van der Waals surface area contributed by atoms with E-state index in [1.807, 2.05) is 45.0 Å². The van der Waals surface area contributed by atoms with Crippen molar-refractivity contribution < 1.29 is 14.3 Å². The largest absolute Gasteiger partial charge is 0.464 e. The number of amides is 1. The number of benzene rings is 1. The number of fused-ring (bicyclic) bond motifs is 1. The maximum Gasteiger partial charge on any atom is 0.328 e. The molecule has 0 saturated carbocycles. The maximum absolute atomic E-state index is 12.1. The van der Waals surface area contributed by atoms with Crippen molar-refractivity contribution in [2.75, 3.05) is 6.61 Å². The van der Waals surface area contributed by atoms with E-state index in [0.29, 0.717) is 13.0 Å². The summed E-state index contributed by atoms with van der Waals surface area (Å²) in [6.07, 6.45) is 0.676. The Morgan fingerprint density at radius 2 is 2.04 bits per heavy atom. The lowest BCUT2D eigenvalue weighted by Gasteiger charge is -2.16. The number of ether oxygens (including phenoxy) is 1. The minimum atomic E-state index is -0.601. The number of hydrogen-bond acceptors (Lipinski definition) is 5. The predicted molar refractivity (Wildman–Crippen MR) is 91.3 cm³/mol. The predicted octanol–water partition coefficient (Wildman–Crippen LogP) is 2.93. The number of carbonyl (C=O) groups excluding carboxylic acids is 2. The van der Waals surface area contributed by atoms with E-state index in [1.54, 1.807) is 0 Å². The van der Waals surface area contributed by atoms with Gasteiger partial charge < -0.3 is 10.1 Å². The number of nitrogens with one attached hydrogen (secondary N) is 1. The summed E-state index contributed by atoms with van der Waals surface area (Å²) < 4.78 is 6.24. The average molecular weight is 334 g/mol. The molecule has 0 fully saturated rings. The Bertz CT molecular complexity index is 648. The van der Waals surface area contributed by atoms with Crippen molar-refractivity contribution >= 4 is 33.4 Å². The van der Waals surface area contributed by atoms with Crippen molar-refractivity contribution in [3.8, 4) is 0 Å². The zero-order chi connectivity index (χ0) is 16.8. The van der Waals surface area contributed by atoms with Crippen molar-refractivity contribution in [1.82, 2.24) is 10.3 Å². The molecule has 0 aliphatic heterocycles. The first-order valence-electron chi connectivity index (χ1n) is 7.80. The molecule has 2 rings (SSSR count). The van der Waals surface area contributed by atoms with Gasteiger partial charge in [0.05, 0.1) is 23.2 Å². The van der Waals surface area contributed by atoms with Crippen molar-refractivity contribution in [3.05, 3.63) is 29.3 Å². The zero-order valence-corrected chi connectivity index (χ0v) is 14.5. The number of rotatable bonds is 7. The monoisotopic (exact) mass is 334 g/mol. The third-order valence-electron chi connectivity index (χ3n) is 3.24. The van der Waals surface area contributed by atoms with Crippen LogP contribution in [0.25, 0.3) is 10.2 Å². The molecule has 1 heterocycles. The maximum atomic E-state index is 12.1. The fourth-order valence-corrected chi connectivity index (χ4v) is 3.02. The number of esters is 1. The summed E-state index contributed by atoms with van der Waals surface area (Å²) in [5.74, 6) is -0.314. The van der Waals surface area contributed by atoms with E-state index in [9.17, 15) is 9.59 Å². The van der Waals surface area contributed by atoms with Gasteiger partial charge >= 0.3 is 5.97 Å². The third kappa shape index (κ3) is 5.03. The van der Waals surface area contributed by atoms with Crippen molar-refractivity contribution in [3.63, 3.8) is 0 Å². The highest BCUT2D eigenvalue weighted by Gasteiger charge is 2.21. The van der Waals surface area contributed by atoms with E-state index >= 15 is 0 Å². The molecule has 0 aliphatic carbocycles. The summed E-state index contributed by atoms with van der Waals surface area (Å²) in [4.78, 5) is 28.5. The molecular formula is C17H22N2O3S. The first-order valence-corrected chi connectivity index (χ1v) is 8.61. The lowest BCUT2D eigenvalue weighted by molar-refractivity contribution is -0.149. The molecule has 5 nitrogen and oxygen atoms in total. The van der Waals surface area contributed by atoms with Gasteiger partial charge in [0.25, 0.3) is 0 Å². The number of aromatic nitrogens is 1. The third-order valence-corrected chi connectivity index (χ3v) is 4.27. The van der Waals surface area contributed by atoms with Gasteiger partial charge in [-0.1, -0.05) is 32.9 Å². The second kappa shape index (κ2) is 8.06. The van der Waals surface area contributed by atoms with E-state index in [0.717, 1.165) is 15.2 Å². The summed E-state index contributed by atoms with van der Waals surface area (Å²) in [5, 5.41) is 3.48. The molecule has 0 radical (unpaired) electrons. The molecule has 23 heavy (non-hydrogen) atoms. The number of hydrogen-bond donors (Lipinski definition) is 1. The van der Waals surface area contributed by atoms with Crippen LogP contribution in [0.4, 0.5) is 0 Å². The molecule has 0 saturated heterocycles. The summed E-state index contributed by atoms with van der Waals surface area (Å²) in [6, 6.07) is 7.17. The Kier molecular flexibility index (Phi) is 6.10. The fraction of sp³-hybridized carbons (Fsp3) is 0.471. The molecule has 124 valence electrons. The van der Waals surface area contributed by atoms with Crippen LogP contribution in [0.3, 0.4) is 0 Å². The SMILES string of the molecule is CCC(NC(=O)Cc1nc2ccccc2s1)C(=O)OCC(C)C. The highest BCUT2D eigenvalue weighted by atomic mass is 32.1. The summed E-state index contributed by atoms with van der Waals surface area (Å²) in [5.41, 5.74) is 0.892. The van der Waals surface area contributed by atoms with Gasteiger partial charge in [0.1, 0.15) is 11.0 Å².